The topological polar surface area (TPSA) is 134 Å². The molecule has 1 atom stereocenters. The highest BCUT2D eigenvalue weighted by Crippen LogP contribution is 2.12. The first kappa shape index (κ1) is 25.7. The average Bonchev–Trinajstić information content (AvgIpc) is 2.91. The van der Waals surface area contributed by atoms with Gasteiger partial charge in [0.15, 0.2) is 15.8 Å². The maximum absolute atomic E-state index is 12.1. The molecular formula is C17H32IN5O5S. The van der Waals surface area contributed by atoms with Crippen molar-refractivity contribution in [2.45, 2.75) is 45.3 Å². The Morgan fingerprint density at radius 2 is 1.76 bits per heavy atom. The summed E-state index contributed by atoms with van der Waals surface area (Å²) in [6.07, 6.45) is 0.268. The molecule has 0 aromatic rings. The predicted octanol–water partition coefficient (Wildman–Crippen LogP) is 0.165. The second kappa shape index (κ2) is 10.6. The minimum atomic E-state index is -3.02. The Bertz CT molecular complexity index is 714. The molecule has 168 valence electrons. The highest BCUT2D eigenvalue weighted by molar-refractivity contribution is 14.0. The van der Waals surface area contributed by atoms with E-state index in [9.17, 15) is 18.0 Å². The number of carbonyl (C=O) groups is 2. The number of amides is 2. The van der Waals surface area contributed by atoms with Crippen LogP contribution in [0.25, 0.3) is 0 Å². The van der Waals surface area contributed by atoms with E-state index in [1.54, 1.807) is 4.90 Å². The third kappa shape index (κ3) is 8.93. The number of rotatable bonds is 4. The van der Waals surface area contributed by atoms with E-state index < -0.39 is 15.4 Å². The zero-order valence-electron chi connectivity index (χ0n) is 17.2. The number of nitrogens with zero attached hydrogens (tertiary/aromatic N) is 3. The van der Waals surface area contributed by atoms with Gasteiger partial charge in [0.05, 0.1) is 18.1 Å². The van der Waals surface area contributed by atoms with Crippen LogP contribution in [0.2, 0.25) is 0 Å². The molecule has 10 nitrogen and oxygen atoms in total. The molecule has 2 aliphatic heterocycles. The number of ether oxygens (including phenoxy) is 1. The van der Waals surface area contributed by atoms with E-state index in [0.29, 0.717) is 38.6 Å². The Labute approximate surface area is 189 Å². The lowest BCUT2D eigenvalue weighted by molar-refractivity contribution is -0.121. The predicted molar refractivity (Wildman–Crippen MR) is 121 cm³/mol. The number of carbonyl (C=O) groups excluding carboxylic acids is 2. The quantitative estimate of drug-likeness (QED) is 0.292. The molecule has 29 heavy (non-hydrogen) atoms. The molecule has 1 unspecified atom stereocenters. The van der Waals surface area contributed by atoms with E-state index in [1.165, 1.54) is 0 Å². The van der Waals surface area contributed by atoms with Gasteiger partial charge in [-0.05, 0) is 27.2 Å². The molecule has 2 amide bonds. The number of halogens is 1. The van der Waals surface area contributed by atoms with Crippen molar-refractivity contribution in [1.82, 2.24) is 15.1 Å². The van der Waals surface area contributed by atoms with Crippen molar-refractivity contribution < 1.29 is 22.7 Å². The molecule has 0 spiro atoms. The van der Waals surface area contributed by atoms with E-state index in [1.807, 2.05) is 25.7 Å². The van der Waals surface area contributed by atoms with Crippen molar-refractivity contribution in [2.24, 2.45) is 10.7 Å². The van der Waals surface area contributed by atoms with Crippen LogP contribution in [0.3, 0.4) is 0 Å². The van der Waals surface area contributed by atoms with Crippen LogP contribution in [-0.4, -0.2) is 92.0 Å². The lowest BCUT2D eigenvalue weighted by Crippen LogP contribution is -2.53. The number of aliphatic imine (C=N–C) groups is 1. The molecule has 0 bridgehead atoms. The third-order valence-electron chi connectivity index (χ3n) is 4.47. The summed E-state index contributed by atoms with van der Waals surface area (Å²) in [6, 6.07) is -0.306. The fourth-order valence-electron chi connectivity index (χ4n) is 3.03. The molecule has 3 N–H and O–H groups in total. The summed E-state index contributed by atoms with van der Waals surface area (Å²) in [7, 11) is -3.02. The second-order valence-corrected chi connectivity index (χ2v) is 10.3. The van der Waals surface area contributed by atoms with Gasteiger partial charge >= 0.3 is 6.09 Å². The van der Waals surface area contributed by atoms with Crippen molar-refractivity contribution in [3.05, 3.63) is 0 Å². The van der Waals surface area contributed by atoms with Crippen LogP contribution in [-0.2, 0) is 19.4 Å². The van der Waals surface area contributed by atoms with Crippen LogP contribution >= 0.6 is 24.0 Å². The number of hydrogen-bond donors (Lipinski definition) is 2. The maximum Gasteiger partial charge on any atom is 0.410 e. The first-order chi connectivity index (χ1) is 13.0. The number of nitrogens with one attached hydrogen (secondary N) is 1. The first-order valence-corrected chi connectivity index (χ1v) is 11.3. The number of guanidine groups is 1. The lowest BCUT2D eigenvalue weighted by atomic mass is 10.2. The molecule has 0 aliphatic carbocycles. The summed E-state index contributed by atoms with van der Waals surface area (Å²) in [4.78, 5) is 31.7. The van der Waals surface area contributed by atoms with Crippen molar-refractivity contribution in [1.29, 1.82) is 0 Å². The maximum atomic E-state index is 12.1. The Kier molecular flexibility index (Phi) is 9.44. The van der Waals surface area contributed by atoms with Crippen LogP contribution in [0.4, 0.5) is 4.79 Å². The van der Waals surface area contributed by atoms with Gasteiger partial charge in [-0.25, -0.2) is 13.2 Å². The summed E-state index contributed by atoms with van der Waals surface area (Å²) in [5.41, 5.74) is 5.46. The van der Waals surface area contributed by atoms with Gasteiger partial charge in [0.2, 0.25) is 5.91 Å². The molecule has 0 aromatic carbocycles. The molecule has 0 saturated carbocycles. The Morgan fingerprint density at radius 3 is 2.28 bits per heavy atom. The summed E-state index contributed by atoms with van der Waals surface area (Å²) < 4.78 is 28.2. The summed E-state index contributed by atoms with van der Waals surface area (Å²) in [6.45, 7) is 7.77. The van der Waals surface area contributed by atoms with Gasteiger partial charge < -0.3 is 25.6 Å². The summed E-state index contributed by atoms with van der Waals surface area (Å²) in [5.74, 6) is 0.234. The number of hydrogen-bond acceptors (Lipinski definition) is 6. The molecule has 2 aliphatic rings. The molecule has 2 heterocycles. The summed E-state index contributed by atoms with van der Waals surface area (Å²) in [5, 5.41) is 2.72. The normalized spacial score (nSPS) is 22.0. The SMILES string of the molecule is CC(C)(C)OC(=O)N1CCN(C(N)=NCCC(=O)NC2CCS(=O)(=O)C2)CC1.I. The number of sulfone groups is 1. The Balaban J connectivity index is 0.00000420. The van der Waals surface area contributed by atoms with Crippen LogP contribution in [0.15, 0.2) is 4.99 Å². The van der Waals surface area contributed by atoms with Crippen molar-refractivity contribution >= 4 is 51.8 Å². The highest BCUT2D eigenvalue weighted by Gasteiger charge is 2.29. The molecule has 2 saturated heterocycles. The largest absolute Gasteiger partial charge is 0.444 e. The first-order valence-electron chi connectivity index (χ1n) is 9.48. The van der Waals surface area contributed by atoms with Gasteiger partial charge in [-0.2, -0.15) is 0 Å². The molecule has 2 rings (SSSR count). The molecule has 0 radical (unpaired) electrons. The van der Waals surface area contributed by atoms with E-state index >= 15 is 0 Å². The standard InChI is InChI=1S/C17H31N5O5S.HI/c1-17(2,3)27-16(24)22-9-7-21(8-10-22)15(18)19-6-4-14(23)20-13-5-11-28(25,26)12-13;/h13H,4-12H2,1-3H3,(H2,18,19)(H,20,23);1H. The van der Waals surface area contributed by atoms with Crippen molar-refractivity contribution in [2.75, 3.05) is 44.2 Å². The molecule has 0 aromatic heterocycles. The third-order valence-corrected chi connectivity index (χ3v) is 6.23. The minimum absolute atomic E-state index is 0. The Hall–Kier alpha value is -1.31. The van der Waals surface area contributed by atoms with Gasteiger partial charge in [-0.3, -0.25) is 9.79 Å². The molecule has 2 fully saturated rings. The highest BCUT2D eigenvalue weighted by atomic mass is 127. The lowest BCUT2D eigenvalue weighted by Gasteiger charge is -2.36. The van der Waals surface area contributed by atoms with Crippen LogP contribution in [0.5, 0.6) is 0 Å². The van der Waals surface area contributed by atoms with Gasteiger partial charge in [-0.15, -0.1) is 24.0 Å². The fourth-order valence-corrected chi connectivity index (χ4v) is 4.70. The van der Waals surface area contributed by atoms with Crippen molar-refractivity contribution in [3.8, 4) is 0 Å². The number of piperazine rings is 1. The minimum Gasteiger partial charge on any atom is -0.444 e. The average molecular weight is 545 g/mol. The smallest absolute Gasteiger partial charge is 0.410 e. The van der Waals surface area contributed by atoms with Gasteiger partial charge in [-0.1, -0.05) is 0 Å². The number of nitrogens with two attached hydrogens (primary N) is 1. The Morgan fingerprint density at radius 1 is 1.17 bits per heavy atom. The van der Waals surface area contributed by atoms with Crippen LogP contribution in [0, 0.1) is 0 Å². The van der Waals surface area contributed by atoms with Crippen LogP contribution < -0.4 is 11.1 Å². The zero-order valence-corrected chi connectivity index (χ0v) is 20.4. The van der Waals surface area contributed by atoms with E-state index in [4.69, 9.17) is 10.5 Å². The van der Waals surface area contributed by atoms with Crippen LogP contribution in [0.1, 0.15) is 33.6 Å². The van der Waals surface area contributed by atoms with E-state index in [-0.39, 0.29) is 66.5 Å². The molecular weight excluding hydrogens is 513 g/mol. The van der Waals surface area contributed by atoms with E-state index in [2.05, 4.69) is 10.3 Å². The fraction of sp³-hybridized carbons (Fsp3) is 0.824. The zero-order chi connectivity index (χ0) is 20.9. The van der Waals surface area contributed by atoms with E-state index in [0.717, 1.165) is 0 Å². The summed E-state index contributed by atoms with van der Waals surface area (Å²) >= 11 is 0. The molecule has 12 heteroatoms. The monoisotopic (exact) mass is 545 g/mol. The van der Waals surface area contributed by atoms with Gasteiger partial charge in [0.25, 0.3) is 0 Å². The second-order valence-electron chi connectivity index (χ2n) is 8.11. The van der Waals surface area contributed by atoms with Gasteiger partial charge in [0.1, 0.15) is 5.60 Å². The van der Waals surface area contributed by atoms with Gasteiger partial charge in [0, 0.05) is 38.6 Å². The van der Waals surface area contributed by atoms with Crippen molar-refractivity contribution in [3.63, 3.8) is 0 Å².